The van der Waals surface area contributed by atoms with Gasteiger partial charge in [0.25, 0.3) is 0 Å². The van der Waals surface area contributed by atoms with Crippen LogP contribution in [-0.4, -0.2) is 45.4 Å². The van der Waals surface area contributed by atoms with Crippen LogP contribution in [0.25, 0.3) is 6.08 Å². The molecule has 1 amide bonds. The lowest BCUT2D eigenvalue weighted by atomic mass is 10.2. The minimum absolute atomic E-state index is 0.239. The smallest absolute Gasteiger partial charge is 0.244 e. The summed E-state index contributed by atoms with van der Waals surface area (Å²) in [6.07, 6.45) is 3.97. The van der Waals surface area contributed by atoms with Crippen molar-refractivity contribution in [3.05, 3.63) is 59.7 Å². The Labute approximate surface area is 191 Å². The number of hydrogen-bond acceptors (Lipinski definition) is 5. The van der Waals surface area contributed by atoms with Crippen LogP contribution in [0.5, 0.6) is 11.5 Å². The summed E-state index contributed by atoms with van der Waals surface area (Å²) >= 11 is 0. The van der Waals surface area contributed by atoms with Crippen LogP contribution in [0.3, 0.4) is 0 Å². The highest BCUT2D eigenvalue weighted by Crippen LogP contribution is 2.28. The number of ether oxygens (including phenoxy) is 2. The third-order valence-corrected chi connectivity index (χ3v) is 6.87. The van der Waals surface area contributed by atoms with Crippen molar-refractivity contribution in [2.45, 2.75) is 38.6 Å². The summed E-state index contributed by atoms with van der Waals surface area (Å²) in [5.41, 5.74) is 1.62. The second-order valence-electron chi connectivity index (χ2n) is 7.04. The molecular formula is C24H32N2O5S. The molecule has 2 aromatic carbocycles. The van der Waals surface area contributed by atoms with Crippen LogP contribution in [0, 0.1) is 0 Å². The third kappa shape index (κ3) is 6.83. The highest BCUT2D eigenvalue weighted by molar-refractivity contribution is 7.89. The molecule has 2 rings (SSSR count). The van der Waals surface area contributed by atoms with Crippen LogP contribution in [0.15, 0.2) is 53.4 Å². The van der Waals surface area contributed by atoms with E-state index in [1.54, 1.807) is 51.3 Å². The molecule has 0 unspecified atom stereocenters. The van der Waals surface area contributed by atoms with Gasteiger partial charge >= 0.3 is 0 Å². The van der Waals surface area contributed by atoms with E-state index < -0.39 is 10.0 Å². The van der Waals surface area contributed by atoms with Crippen LogP contribution in [0.2, 0.25) is 0 Å². The molecule has 0 fully saturated rings. The molecule has 7 nitrogen and oxygen atoms in total. The van der Waals surface area contributed by atoms with Gasteiger partial charge in [-0.2, -0.15) is 4.31 Å². The van der Waals surface area contributed by atoms with E-state index in [4.69, 9.17) is 9.47 Å². The van der Waals surface area contributed by atoms with Crippen LogP contribution >= 0.6 is 0 Å². The first kappa shape index (κ1) is 25.4. The van der Waals surface area contributed by atoms with Crippen molar-refractivity contribution in [3.8, 4) is 11.5 Å². The van der Waals surface area contributed by atoms with Crippen molar-refractivity contribution in [1.29, 1.82) is 0 Å². The monoisotopic (exact) mass is 460 g/mol. The molecule has 0 heterocycles. The number of benzene rings is 2. The second kappa shape index (κ2) is 12.3. The summed E-state index contributed by atoms with van der Waals surface area (Å²) in [5, 5.41) is 2.82. The molecule has 1 N–H and O–H groups in total. The van der Waals surface area contributed by atoms with Crippen molar-refractivity contribution in [2.75, 3.05) is 26.8 Å². The number of carbonyl (C=O) groups is 1. The standard InChI is InChI=1S/C24H32N2O5S/c1-5-16-31-22-14-10-20(17-23(22)30-4)18-25-24(27)15-11-19-8-12-21(13-9-19)32(28,29)26(6-2)7-3/h8-15,17H,5-7,16,18H2,1-4H3,(H,25,27)/b15-11+. The van der Waals surface area contributed by atoms with Crippen molar-refractivity contribution in [2.24, 2.45) is 0 Å². The van der Waals surface area contributed by atoms with E-state index in [2.05, 4.69) is 5.32 Å². The van der Waals surface area contributed by atoms with E-state index in [9.17, 15) is 13.2 Å². The van der Waals surface area contributed by atoms with Crippen LogP contribution in [-0.2, 0) is 21.4 Å². The number of hydrogen-bond donors (Lipinski definition) is 1. The Morgan fingerprint density at radius 2 is 1.72 bits per heavy atom. The molecule has 0 saturated carbocycles. The summed E-state index contributed by atoms with van der Waals surface area (Å²) in [6.45, 7) is 7.44. The van der Waals surface area contributed by atoms with Gasteiger partial charge in [0, 0.05) is 25.7 Å². The lowest BCUT2D eigenvalue weighted by Gasteiger charge is -2.18. The fourth-order valence-corrected chi connectivity index (χ4v) is 4.49. The first-order valence-corrected chi connectivity index (χ1v) is 12.2. The molecule has 0 saturated heterocycles. The molecule has 32 heavy (non-hydrogen) atoms. The zero-order valence-corrected chi connectivity index (χ0v) is 19.9. The van der Waals surface area contributed by atoms with Gasteiger partial charge in [0.2, 0.25) is 15.9 Å². The van der Waals surface area contributed by atoms with E-state index in [0.717, 1.165) is 17.5 Å². The van der Waals surface area contributed by atoms with Gasteiger partial charge in [-0.3, -0.25) is 4.79 Å². The number of nitrogens with zero attached hydrogens (tertiary/aromatic N) is 1. The molecule has 8 heteroatoms. The van der Waals surface area contributed by atoms with E-state index in [-0.39, 0.29) is 10.8 Å². The predicted octanol–water partition coefficient (Wildman–Crippen LogP) is 3.84. The zero-order valence-electron chi connectivity index (χ0n) is 19.1. The Hall–Kier alpha value is -2.84. The van der Waals surface area contributed by atoms with Gasteiger partial charge in [-0.1, -0.05) is 39.0 Å². The van der Waals surface area contributed by atoms with Crippen LogP contribution in [0.4, 0.5) is 0 Å². The lowest BCUT2D eigenvalue weighted by Crippen LogP contribution is -2.30. The van der Waals surface area contributed by atoms with Gasteiger partial charge in [0.05, 0.1) is 18.6 Å². The summed E-state index contributed by atoms with van der Waals surface area (Å²) in [7, 11) is -1.91. The maximum Gasteiger partial charge on any atom is 0.244 e. The minimum Gasteiger partial charge on any atom is -0.493 e. The second-order valence-corrected chi connectivity index (χ2v) is 8.98. The molecule has 0 bridgehead atoms. The summed E-state index contributed by atoms with van der Waals surface area (Å²) < 4.78 is 37.5. The van der Waals surface area contributed by atoms with Crippen molar-refractivity contribution in [3.63, 3.8) is 0 Å². The number of carbonyl (C=O) groups excluding carboxylic acids is 1. The molecule has 0 aliphatic rings. The Kier molecular flexibility index (Phi) is 9.74. The Morgan fingerprint density at radius 1 is 1.03 bits per heavy atom. The van der Waals surface area contributed by atoms with Gasteiger partial charge in [-0.25, -0.2) is 8.42 Å². The van der Waals surface area contributed by atoms with Crippen LogP contribution < -0.4 is 14.8 Å². The quantitative estimate of drug-likeness (QED) is 0.487. The molecule has 0 aliphatic heterocycles. The Morgan fingerprint density at radius 3 is 2.31 bits per heavy atom. The summed E-state index contributed by atoms with van der Waals surface area (Å²) in [6, 6.07) is 12.0. The van der Waals surface area contributed by atoms with E-state index in [1.165, 1.54) is 10.4 Å². The van der Waals surface area contributed by atoms with E-state index in [0.29, 0.717) is 37.7 Å². The molecule has 0 aliphatic carbocycles. The first-order valence-electron chi connectivity index (χ1n) is 10.7. The Balaban J connectivity index is 1.96. The fraction of sp³-hybridized carbons (Fsp3) is 0.375. The average Bonchev–Trinajstić information content (AvgIpc) is 2.81. The number of nitrogens with one attached hydrogen (secondary N) is 1. The van der Waals surface area contributed by atoms with Gasteiger partial charge in [0.15, 0.2) is 11.5 Å². The molecule has 174 valence electrons. The van der Waals surface area contributed by atoms with E-state index in [1.807, 2.05) is 25.1 Å². The van der Waals surface area contributed by atoms with Gasteiger partial charge in [0.1, 0.15) is 0 Å². The van der Waals surface area contributed by atoms with Crippen molar-refractivity contribution < 1.29 is 22.7 Å². The molecule has 2 aromatic rings. The summed E-state index contributed by atoms with van der Waals surface area (Å²) in [5.74, 6) is 1.05. The van der Waals surface area contributed by atoms with Crippen molar-refractivity contribution >= 4 is 22.0 Å². The highest BCUT2D eigenvalue weighted by atomic mass is 32.2. The predicted molar refractivity (Wildman–Crippen MR) is 126 cm³/mol. The van der Waals surface area contributed by atoms with Gasteiger partial charge in [-0.15, -0.1) is 0 Å². The SMILES string of the molecule is CCCOc1ccc(CNC(=O)/C=C/c2ccc(S(=O)(=O)N(CC)CC)cc2)cc1OC. The number of sulfonamides is 1. The maximum atomic E-state index is 12.5. The number of amides is 1. The topological polar surface area (TPSA) is 84.9 Å². The minimum atomic E-state index is -3.49. The molecule has 0 aromatic heterocycles. The van der Waals surface area contributed by atoms with Gasteiger partial charge in [-0.05, 0) is 47.9 Å². The van der Waals surface area contributed by atoms with E-state index >= 15 is 0 Å². The largest absolute Gasteiger partial charge is 0.493 e. The molecular weight excluding hydrogens is 428 g/mol. The molecule has 0 atom stereocenters. The zero-order chi connectivity index (χ0) is 23.6. The molecule has 0 radical (unpaired) electrons. The summed E-state index contributed by atoms with van der Waals surface area (Å²) in [4.78, 5) is 12.4. The first-order chi connectivity index (χ1) is 15.3. The van der Waals surface area contributed by atoms with Crippen LogP contribution in [0.1, 0.15) is 38.3 Å². The fourth-order valence-electron chi connectivity index (χ4n) is 3.04. The number of methoxy groups -OCH3 is 1. The average molecular weight is 461 g/mol. The molecule has 0 spiro atoms. The Bertz CT molecular complexity index is 1010. The maximum absolute atomic E-state index is 12.5. The van der Waals surface area contributed by atoms with Crippen molar-refractivity contribution in [1.82, 2.24) is 9.62 Å². The normalized spacial score (nSPS) is 11.7. The lowest BCUT2D eigenvalue weighted by molar-refractivity contribution is -0.116. The number of rotatable bonds is 12. The third-order valence-electron chi connectivity index (χ3n) is 4.81. The highest BCUT2D eigenvalue weighted by Gasteiger charge is 2.20. The van der Waals surface area contributed by atoms with Gasteiger partial charge < -0.3 is 14.8 Å².